The predicted octanol–water partition coefficient (Wildman–Crippen LogP) is 3.84. The highest BCUT2D eigenvalue weighted by molar-refractivity contribution is 7.84. The summed E-state index contributed by atoms with van der Waals surface area (Å²) in [5.41, 5.74) is 2.87. The van der Waals surface area contributed by atoms with E-state index in [4.69, 9.17) is 13.0 Å². The van der Waals surface area contributed by atoms with Gasteiger partial charge in [0.25, 0.3) is 5.91 Å². The number of carbonyl (C=O) groups excluding carboxylic acids is 1. The first-order valence-corrected chi connectivity index (χ1v) is 12.8. The summed E-state index contributed by atoms with van der Waals surface area (Å²) in [6.45, 7) is 0.546. The van der Waals surface area contributed by atoms with E-state index in [1.54, 1.807) is 30.7 Å². The standard InChI is InChI=1S/C24H23N5O.CH4O3S/c25-17-24(11-1-2-12-24)19-5-7-20(8-6-19)29-23(30)21-4-3-13-27-22(21)28-16-18-9-14-26-15-10-18;1-5(2,3)4/h3-10,13-15H,1-2,11-12,16H2,(H,27,28)(H,29,30);1H3,(H,2,3,4)/p-1. The number of pyridine rings is 2. The summed E-state index contributed by atoms with van der Waals surface area (Å²) in [7, 11) is -3.92. The fourth-order valence-corrected chi connectivity index (χ4v) is 3.93. The lowest BCUT2D eigenvalue weighted by molar-refractivity contribution is 0.102. The molecule has 10 heteroatoms. The van der Waals surface area contributed by atoms with E-state index in [0.29, 0.717) is 29.9 Å². The maximum absolute atomic E-state index is 12.9. The average molecular weight is 493 g/mol. The Morgan fingerprint density at radius 1 is 1.09 bits per heavy atom. The monoisotopic (exact) mass is 492 g/mol. The third-order valence-corrected chi connectivity index (χ3v) is 5.63. The van der Waals surface area contributed by atoms with Gasteiger partial charge in [0, 0.05) is 37.1 Å². The topological polar surface area (TPSA) is 148 Å². The lowest BCUT2D eigenvalue weighted by Crippen LogP contribution is -2.19. The van der Waals surface area contributed by atoms with E-state index in [1.165, 1.54) is 0 Å². The Kier molecular flexibility index (Phi) is 8.52. The van der Waals surface area contributed by atoms with Crippen molar-refractivity contribution in [1.29, 1.82) is 5.26 Å². The zero-order chi connectivity index (χ0) is 25.3. The number of nitrogens with zero attached hydrogens (tertiary/aromatic N) is 3. The first-order valence-electron chi connectivity index (χ1n) is 11.0. The van der Waals surface area contributed by atoms with Gasteiger partial charge < -0.3 is 15.2 Å². The van der Waals surface area contributed by atoms with E-state index in [9.17, 15) is 10.1 Å². The fraction of sp³-hybridized carbons (Fsp3) is 0.280. The van der Waals surface area contributed by atoms with E-state index < -0.39 is 10.1 Å². The lowest BCUT2D eigenvalue weighted by Gasteiger charge is -2.21. The highest BCUT2D eigenvalue weighted by Crippen LogP contribution is 2.40. The molecule has 1 aromatic carbocycles. The molecule has 35 heavy (non-hydrogen) atoms. The Balaban J connectivity index is 0.000000623. The van der Waals surface area contributed by atoms with Crippen LogP contribution in [0.3, 0.4) is 0 Å². The molecule has 2 heterocycles. The van der Waals surface area contributed by atoms with Crippen molar-refractivity contribution in [3.05, 3.63) is 83.8 Å². The second-order valence-corrected chi connectivity index (χ2v) is 9.65. The smallest absolute Gasteiger partial charge is 0.259 e. The van der Waals surface area contributed by atoms with E-state index in [1.807, 2.05) is 36.4 Å². The highest BCUT2D eigenvalue weighted by Gasteiger charge is 2.35. The number of nitriles is 1. The molecule has 9 nitrogen and oxygen atoms in total. The quantitative estimate of drug-likeness (QED) is 0.493. The number of hydrogen-bond donors (Lipinski definition) is 2. The summed E-state index contributed by atoms with van der Waals surface area (Å²) in [5.74, 6) is 0.293. The molecule has 182 valence electrons. The average Bonchev–Trinajstić information content (AvgIpc) is 3.33. The van der Waals surface area contributed by atoms with Gasteiger partial charge in [-0.25, -0.2) is 13.4 Å². The van der Waals surface area contributed by atoms with E-state index in [2.05, 4.69) is 26.7 Å². The van der Waals surface area contributed by atoms with Gasteiger partial charge in [-0.3, -0.25) is 9.78 Å². The van der Waals surface area contributed by atoms with Crippen LogP contribution in [0.4, 0.5) is 11.5 Å². The van der Waals surface area contributed by atoms with Gasteiger partial charge >= 0.3 is 0 Å². The van der Waals surface area contributed by atoms with Crippen molar-refractivity contribution in [2.45, 2.75) is 37.6 Å². The Labute approximate surface area is 205 Å². The molecule has 1 aliphatic carbocycles. The fourth-order valence-electron chi connectivity index (χ4n) is 3.93. The van der Waals surface area contributed by atoms with Crippen LogP contribution in [0.1, 0.15) is 47.2 Å². The maximum atomic E-state index is 12.9. The van der Waals surface area contributed by atoms with Crippen molar-refractivity contribution in [1.82, 2.24) is 9.97 Å². The van der Waals surface area contributed by atoms with Crippen LogP contribution >= 0.6 is 0 Å². The zero-order valence-corrected chi connectivity index (χ0v) is 20.1. The highest BCUT2D eigenvalue weighted by atomic mass is 32.2. The van der Waals surface area contributed by atoms with Gasteiger partial charge in [-0.15, -0.1) is 0 Å². The Hall–Kier alpha value is -3.81. The first-order chi connectivity index (χ1) is 16.7. The Bertz CT molecular complexity index is 1280. The molecule has 2 aromatic heterocycles. The number of nitrogens with one attached hydrogen (secondary N) is 2. The van der Waals surface area contributed by atoms with Gasteiger partial charge in [-0.05, 0) is 60.4 Å². The lowest BCUT2D eigenvalue weighted by atomic mass is 9.80. The molecule has 0 saturated heterocycles. The summed E-state index contributed by atoms with van der Waals surface area (Å²) < 4.78 is 27.2. The van der Waals surface area contributed by atoms with Crippen LogP contribution in [0.25, 0.3) is 0 Å². The van der Waals surface area contributed by atoms with Crippen molar-refractivity contribution in [3.8, 4) is 6.07 Å². The maximum Gasteiger partial charge on any atom is 0.259 e. The molecule has 0 unspecified atom stereocenters. The van der Waals surface area contributed by atoms with Crippen molar-refractivity contribution >= 4 is 27.5 Å². The molecule has 1 aliphatic rings. The molecule has 0 bridgehead atoms. The SMILES string of the molecule is CS(=O)(=O)[O-].N#CC1(c2ccc(NC(=O)c3cccnc3NCc3ccncc3)cc2)CCCC1. The normalized spacial score (nSPS) is 14.2. The number of benzene rings is 1. The second-order valence-electron chi connectivity index (χ2n) is 8.25. The van der Waals surface area contributed by atoms with Gasteiger partial charge in [-0.1, -0.05) is 25.0 Å². The van der Waals surface area contributed by atoms with Crippen LogP contribution in [0.2, 0.25) is 0 Å². The molecule has 0 atom stereocenters. The molecular formula is C25H26N5O4S-. The minimum Gasteiger partial charge on any atom is -0.748 e. The number of anilines is 2. The van der Waals surface area contributed by atoms with Crippen molar-refractivity contribution < 1.29 is 17.8 Å². The number of carbonyl (C=O) groups is 1. The summed E-state index contributed by atoms with van der Waals surface area (Å²) in [6.07, 6.45) is 9.69. The predicted molar refractivity (Wildman–Crippen MR) is 132 cm³/mol. The molecule has 3 aromatic rings. The van der Waals surface area contributed by atoms with Gasteiger partial charge in [0.15, 0.2) is 0 Å². The van der Waals surface area contributed by atoms with Crippen LogP contribution in [-0.2, 0) is 22.1 Å². The molecule has 0 radical (unpaired) electrons. The van der Waals surface area contributed by atoms with Crippen molar-refractivity contribution in [2.75, 3.05) is 16.9 Å². The summed E-state index contributed by atoms with van der Waals surface area (Å²) in [4.78, 5) is 21.2. The van der Waals surface area contributed by atoms with E-state index in [0.717, 1.165) is 36.8 Å². The summed E-state index contributed by atoms with van der Waals surface area (Å²) >= 11 is 0. The van der Waals surface area contributed by atoms with E-state index in [-0.39, 0.29) is 11.3 Å². The number of hydrogen-bond acceptors (Lipinski definition) is 8. The third-order valence-electron chi connectivity index (χ3n) is 5.63. The number of amides is 1. The molecule has 0 aliphatic heterocycles. The Morgan fingerprint density at radius 3 is 2.31 bits per heavy atom. The molecule has 1 saturated carbocycles. The van der Waals surface area contributed by atoms with Crippen molar-refractivity contribution in [2.24, 2.45) is 0 Å². The number of rotatable bonds is 6. The summed E-state index contributed by atoms with van der Waals surface area (Å²) in [6, 6.07) is 17.5. The van der Waals surface area contributed by atoms with Crippen LogP contribution < -0.4 is 10.6 Å². The van der Waals surface area contributed by atoms with Crippen LogP contribution in [0.15, 0.2) is 67.1 Å². The minimum absolute atomic E-state index is 0.232. The molecule has 1 amide bonds. The summed E-state index contributed by atoms with van der Waals surface area (Å²) in [5, 5.41) is 15.8. The van der Waals surface area contributed by atoms with Gasteiger partial charge in [-0.2, -0.15) is 5.26 Å². The van der Waals surface area contributed by atoms with Crippen molar-refractivity contribution in [3.63, 3.8) is 0 Å². The minimum atomic E-state index is -3.92. The molecule has 4 rings (SSSR count). The Morgan fingerprint density at radius 2 is 1.71 bits per heavy atom. The molecule has 0 spiro atoms. The molecule has 1 fully saturated rings. The van der Waals surface area contributed by atoms with Crippen LogP contribution in [-0.4, -0.2) is 35.1 Å². The van der Waals surface area contributed by atoms with Gasteiger partial charge in [0.05, 0.1) is 27.2 Å². The molecule has 2 N–H and O–H groups in total. The largest absolute Gasteiger partial charge is 0.748 e. The number of aromatic nitrogens is 2. The van der Waals surface area contributed by atoms with E-state index >= 15 is 0 Å². The third kappa shape index (κ3) is 7.60. The first kappa shape index (κ1) is 25.8. The van der Waals surface area contributed by atoms with Crippen LogP contribution in [0.5, 0.6) is 0 Å². The van der Waals surface area contributed by atoms with Gasteiger partial charge in [0.1, 0.15) is 5.82 Å². The van der Waals surface area contributed by atoms with Crippen LogP contribution in [0, 0.1) is 11.3 Å². The zero-order valence-electron chi connectivity index (χ0n) is 19.3. The molecular weight excluding hydrogens is 466 g/mol. The van der Waals surface area contributed by atoms with Gasteiger partial charge in [0.2, 0.25) is 0 Å². The second kappa shape index (κ2) is 11.6.